The lowest BCUT2D eigenvalue weighted by Gasteiger charge is -2.39. The van der Waals surface area contributed by atoms with Crippen molar-refractivity contribution in [2.45, 2.75) is 38.2 Å². The predicted octanol–water partition coefficient (Wildman–Crippen LogP) is 3.35. The van der Waals surface area contributed by atoms with Crippen molar-refractivity contribution in [2.24, 2.45) is 0 Å². The van der Waals surface area contributed by atoms with Gasteiger partial charge in [0.2, 0.25) is 11.8 Å². The first kappa shape index (κ1) is 22.9. The molecule has 0 radical (unpaired) electrons. The molecule has 36 heavy (non-hydrogen) atoms. The molecule has 4 aromatic rings. The lowest BCUT2D eigenvalue weighted by Crippen LogP contribution is -2.56. The van der Waals surface area contributed by atoms with Crippen LogP contribution in [0.5, 0.6) is 5.88 Å². The number of hydrogen-bond donors (Lipinski definition) is 2. The quantitative estimate of drug-likeness (QED) is 0.429. The van der Waals surface area contributed by atoms with Crippen LogP contribution in [0.15, 0.2) is 36.7 Å². The van der Waals surface area contributed by atoms with E-state index in [1.165, 1.54) is 0 Å². The topological polar surface area (TPSA) is 113 Å². The van der Waals surface area contributed by atoms with E-state index in [9.17, 15) is 4.79 Å². The number of aryl methyl sites for hydroxylation is 1. The van der Waals surface area contributed by atoms with Crippen LogP contribution in [0.3, 0.4) is 0 Å². The molecule has 2 aliphatic heterocycles. The van der Waals surface area contributed by atoms with Crippen molar-refractivity contribution in [1.29, 1.82) is 0 Å². The molecule has 2 fully saturated rings. The highest BCUT2D eigenvalue weighted by molar-refractivity contribution is 6.06. The van der Waals surface area contributed by atoms with Gasteiger partial charge < -0.3 is 19.5 Å². The maximum absolute atomic E-state index is 12.1. The Kier molecular flexibility index (Phi) is 6.02. The van der Waals surface area contributed by atoms with E-state index in [1.807, 2.05) is 25.4 Å². The van der Waals surface area contributed by atoms with Crippen molar-refractivity contribution in [3.8, 4) is 17.0 Å². The van der Waals surface area contributed by atoms with Crippen LogP contribution in [0.1, 0.15) is 36.6 Å². The summed E-state index contributed by atoms with van der Waals surface area (Å²) in [5.74, 6) is 0.774. The molecule has 2 aliphatic rings. The summed E-state index contributed by atoms with van der Waals surface area (Å²) in [7, 11) is 0. The SMILES string of the molecule is Cc1cc(-c2c(C3CCOCC3)nc(OC3CN(C(=O)CCO)C3)c3cc4[nH]ncc4cc23)ccn1. The number of benzene rings is 1. The molecule has 0 bridgehead atoms. The number of aliphatic hydroxyl groups excluding tert-OH is 1. The minimum Gasteiger partial charge on any atom is -0.470 e. The zero-order chi connectivity index (χ0) is 24.6. The largest absolute Gasteiger partial charge is 0.470 e. The maximum Gasteiger partial charge on any atom is 0.225 e. The minimum absolute atomic E-state index is 0.0550. The van der Waals surface area contributed by atoms with Gasteiger partial charge in [-0.1, -0.05) is 0 Å². The molecule has 0 spiro atoms. The van der Waals surface area contributed by atoms with E-state index < -0.39 is 0 Å². The summed E-state index contributed by atoms with van der Waals surface area (Å²) in [6.45, 7) is 4.26. The van der Waals surface area contributed by atoms with Crippen LogP contribution < -0.4 is 4.74 Å². The number of nitrogens with zero attached hydrogens (tertiary/aromatic N) is 4. The van der Waals surface area contributed by atoms with Crippen LogP contribution in [0.25, 0.3) is 32.8 Å². The fourth-order valence-corrected chi connectivity index (χ4v) is 5.23. The van der Waals surface area contributed by atoms with Crippen LogP contribution in [0.4, 0.5) is 0 Å². The van der Waals surface area contributed by atoms with Crippen molar-refractivity contribution in [1.82, 2.24) is 25.1 Å². The zero-order valence-electron chi connectivity index (χ0n) is 20.2. The van der Waals surface area contributed by atoms with Gasteiger partial charge in [0.25, 0.3) is 0 Å². The van der Waals surface area contributed by atoms with Crippen molar-refractivity contribution in [2.75, 3.05) is 32.9 Å². The summed E-state index contributed by atoms with van der Waals surface area (Å²) < 4.78 is 12.1. The Balaban J connectivity index is 1.49. The number of aromatic amines is 1. The third-order valence-electron chi connectivity index (χ3n) is 7.15. The zero-order valence-corrected chi connectivity index (χ0v) is 20.2. The molecular formula is C27H29N5O4. The lowest BCUT2D eigenvalue weighted by atomic mass is 9.87. The van der Waals surface area contributed by atoms with Gasteiger partial charge in [0.1, 0.15) is 6.10 Å². The Hall–Kier alpha value is -3.56. The molecule has 186 valence electrons. The van der Waals surface area contributed by atoms with Gasteiger partial charge in [0, 0.05) is 53.8 Å². The summed E-state index contributed by atoms with van der Waals surface area (Å²) >= 11 is 0. The Morgan fingerprint density at radius 1 is 1.22 bits per heavy atom. The first-order chi connectivity index (χ1) is 17.6. The second kappa shape index (κ2) is 9.48. The van der Waals surface area contributed by atoms with Gasteiger partial charge in [0.05, 0.1) is 37.1 Å². The number of aliphatic hydroxyl groups is 1. The summed E-state index contributed by atoms with van der Waals surface area (Å²) in [5.41, 5.74) is 5.07. The number of amides is 1. The Morgan fingerprint density at radius 3 is 2.83 bits per heavy atom. The molecular weight excluding hydrogens is 458 g/mol. The molecule has 2 saturated heterocycles. The summed E-state index contributed by atoms with van der Waals surface area (Å²) in [4.78, 5) is 23.4. The van der Waals surface area contributed by atoms with E-state index in [0.717, 1.165) is 57.0 Å². The van der Waals surface area contributed by atoms with Crippen LogP contribution in [0, 0.1) is 6.92 Å². The van der Waals surface area contributed by atoms with Gasteiger partial charge in [0.15, 0.2) is 0 Å². The van der Waals surface area contributed by atoms with Crippen LogP contribution in [-0.2, 0) is 9.53 Å². The fraction of sp³-hybridized carbons (Fsp3) is 0.407. The first-order valence-corrected chi connectivity index (χ1v) is 12.5. The molecule has 3 aromatic heterocycles. The van der Waals surface area contributed by atoms with E-state index in [0.29, 0.717) is 32.2 Å². The molecule has 5 heterocycles. The van der Waals surface area contributed by atoms with E-state index in [-0.39, 0.29) is 31.0 Å². The summed E-state index contributed by atoms with van der Waals surface area (Å²) in [6.07, 6.45) is 5.47. The van der Waals surface area contributed by atoms with Gasteiger partial charge in [-0.15, -0.1) is 0 Å². The van der Waals surface area contributed by atoms with Gasteiger partial charge in [-0.3, -0.25) is 14.9 Å². The summed E-state index contributed by atoms with van der Waals surface area (Å²) in [6, 6.07) is 8.37. The highest BCUT2D eigenvalue weighted by Crippen LogP contribution is 2.43. The third kappa shape index (κ3) is 4.18. The van der Waals surface area contributed by atoms with Crippen molar-refractivity contribution in [3.63, 3.8) is 0 Å². The second-order valence-electron chi connectivity index (χ2n) is 9.62. The molecule has 1 aromatic carbocycles. The van der Waals surface area contributed by atoms with E-state index in [2.05, 4.69) is 33.4 Å². The van der Waals surface area contributed by atoms with Crippen LogP contribution >= 0.6 is 0 Å². The molecule has 2 N–H and O–H groups in total. The van der Waals surface area contributed by atoms with Gasteiger partial charge in [-0.05, 0) is 55.0 Å². The number of nitrogens with one attached hydrogen (secondary N) is 1. The van der Waals surface area contributed by atoms with Crippen LogP contribution in [-0.4, -0.2) is 75.1 Å². The summed E-state index contributed by atoms with van der Waals surface area (Å²) in [5, 5.41) is 19.4. The number of rotatable bonds is 6. The molecule has 0 atom stereocenters. The van der Waals surface area contributed by atoms with Crippen molar-refractivity contribution in [3.05, 3.63) is 48.0 Å². The molecule has 6 rings (SSSR count). The number of pyridine rings is 2. The standard InChI is InChI=1S/C27H29N5O4/c1-16-10-18(2-6-28-16)25-21-11-19-13-29-31-23(19)12-22(21)27(30-26(25)17-4-8-35-9-5-17)36-20-14-32(15-20)24(34)3-7-33/h2,6,10-13,17,20,33H,3-5,7-9,14-15H2,1H3,(H,29,31). The Bertz CT molecular complexity index is 1420. The monoisotopic (exact) mass is 487 g/mol. The highest BCUT2D eigenvalue weighted by atomic mass is 16.5. The highest BCUT2D eigenvalue weighted by Gasteiger charge is 2.33. The predicted molar refractivity (Wildman–Crippen MR) is 135 cm³/mol. The Labute approximate surface area is 208 Å². The average Bonchev–Trinajstić information content (AvgIpc) is 3.32. The molecule has 1 amide bonds. The lowest BCUT2D eigenvalue weighted by molar-refractivity contribution is -0.140. The molecule has 0 aliphatic carbocycles. The van der Waals surface area contributed by atoms with Crippen molar-refractivity contribution < 1.29 is 19.4 Å². The van der Waals surface area contributed by atoms with Crippen LogP contribution in [0.2, 0.25) is 0 Å². The van der Waals surface area contributed by atoms with E-state index in [4.69, 9.17) is 19.6 Å². The molecule has 9 heteroatoms. The van der Waals surface area contributed by atoms with E-state index >= 15 is 0 Å². The number of fused-ring (bicyclic) bond motifs is 2. The first-order valence-electron chi connectivity index (χ1n) is 12.5. The molecule has 0 saturated carbocycles. The number of aromatic nitrogens is 4. The number of carbonyl (C=O) groups is 1. The number of carbonyl (C=O) groups excluding carboxylic acids is 1. The maximum atomic E-state index is 12.1. The number of H-pyrrole nitrogens is 1. The Morgan fingerprint density at radius 2 is 2.06 bits per heavy atom. The fourth-order valence-electron chi connectivity index (χ4n) is 5.23. The van der Waals surface area contributed by atoms with Gasteiger partial charge in [-0.25, -0.2) is 4.98 Å². The number of hydrogen-bond acceptors (Lipinski definition) is 7. The number of likely N-dealkylation sites (tertiary alicyclic amines) is 1. The third-order valence-corrected chi connectivity index (χ3v) is 7.15. The van der Waals surface area contributed by atoms with Crippen molar-refractivity contribution >= 4 is 27.6 Å². The van der Waals surface area contributed by atoms with E-state index in [1.54, 1.807) is 4.90 Å². The smallest absolute Gasteiger partial charge is 0.225 e. The normalized spacial score (nSPS) is 17.0. The van der Waals surface area contributed by atoms with Gasteiger partial charge in [-0.2, -0.15) is 5.10 Å². The number of ether oxygens (including phenoxy) is 2. The second-order valence-corrected chi connectivity index (χ2v) is 9.62. The molecule has 9 nitrogen and oxygen atoms in total. The molecule has 0 unspecified atom stereocenters. The average molecular weight is 488 g/mol. The minimum atomic E-state index is -0.141. The van der Waals surface area contributed by atoms with Gasteiger partial charge >= 0.3 is 0 Å².